The zero-order valence-electron chi connectivity index (χ0n) is 10.5. The Kier molecular flexibility index (Phi) is 4.43. The summed E-state index contributed by atoms with van der Waals surface area (Å²) < 4.78 is 31.7. The molecule has 0 unspecified atom stereocenters. The minimum Gasteiger partial charge on any atom is -0.453 e. The van der Waals surface area contributed by atoms with Crippen molar-refractivity contribution < 1.29 is 17.9 Å². The molecule has 0 bridgehead atoms. The van der Waals surface area contributed by atoms with E-state index >= 15 is 0 Å². The number of sulfonamides is 1. The second-order valence-electron chi connectivity index (χ2n) is 4.28. The van der Waals surface area contributed by atoms with Gasteiger partial charge in [-0.1, -0.05) is 6.07 Å². The van der Waals surface area contributed by atoms with E-state index in [-0.39, 0.29) is 12.1 Å². The second kappa shape index (κ2) is 5.89. The number of hydrogen-bond acceptors (Lipinski definition) is 5. The number of ether oxygens (including phenoxy) is 1. The highest BCUT2D eigenvalue weighted by molar-refractivity contribution is 7.91. The van der Waals surface area contributed by atoms with Crippen LogP contribution in [0, 0.1) is 0 Å². The summed E-state index contributed by atoms with van der Waals surface area (Å²) in [5.41, 5.74) is 0. The summed E-state index contributed by atoms with van der Waals surface area (Å²) in [4.78, 5) is 12.9. The van der Waals surface area contributed by atoms with Crippen LogP contribution in [0.1, 0.15) is 12.8 Å². The molecule has 0 aliphatic carbocycles. The monoisotopic (exact) mass is 304 g/mol. The number of nitrogens with zero attached hydrogens (tertiary/aromatic N) is 1. The zero-order chi connectivity index (χ0) is 13.9. The highest BCUT2D eigenvalue weighted by Crippen LogP contribution is 2.18. The molecule has 1 aliphatic heterocycles. The molecule has 1 amide bonds. The molecule has 1 aromatic rings. The summed E-state index contributed by atoms with van der Waals surface area (Å²) >= 11 is 1.19. The van der Waals surface area contributed by atoms with Gasteiger partial charge in [0, 0.05) is 19.1 Å². The number of piperidine rings is 1. The van der Waals surface area contributed by atoms with E-state index in [4.69, 9.17) is 0 Å². The van der Waals surface area contributed by atoms with E-state index in [1.165, 1.54) is 18.4 Å². The Labute approximate surface area is 116 Å². The summed E-state index contributed by atoms with van der Waals surface area (Å²) in [7, 11) is -2.08. The van der Waals surface area contributed by atoms with Gasteiger partial charge in [0.15, 0.2) is 0 Å². The van der Waals surface area contributed by atoms with Crippen molar-refractivity contribution in [1.82, 2.24) is 9.62 Å². The average molecular weight is 304 g/mol. The van der Waals surface area contributed by atoms with Gasteiger partial charge in [-0.3, -0.25) is 0 Å². The van der Waals surface area contributed by atoms with Crippen LogP contribution in [-0.4, -0.2) is 45.7 Å². The molecule has 0 spiro atoms. The first-order valence-corrected chi connectivity index (χ1v) is 8.28. The third-order valence-corrected chi connectivity index (χ3v) is 5.93. The van der Waals surface area contributed by atoms with Crippen LogP contribution in [-0.2, 0) is 14.8 Å². The Balaban J connectivity index is 1.91. The van der Waals surface area contributed by atoms with E-state index in [9.17, 15) is 13.2 Å². The maximum atomic E-state index is 12.0. The van der Waals surface area contributed by atoms with Crippen LogP contribution in [0.4, 0.5) is 4.79 Å². The van der Waals surface area contributed by atoms with Crippen LogP contribution in [0.5, 0.6) is 0 Å². The largest absolute Gasteiger partial charge is 0.453 e. The van der Waals surface area contributed by atoms with Gasteiger partial charge in [-0.25, -0.2) is 17.9 Å². The van der Waals surface area contributed by atoms with E-state index in [1.807, 2.05) is 0 Å². The van der Waals surface area contributed by atoms with E-state index in [0.717, 1.165) is 0 Å². The summed E-state index contributed by atoms with van der Waals surface area (Å²) in [6.45, 7) is 1.01. The molecule has 106 valence electrons. The molecule has 1 N–H and O–H groups in total. The first kappa shape index (κ1) is 14.3. The van der Waals surface area contributed by atoms with E-state index in [1.54, 1.807) is 22.4 Å². The third-order valence-electron chi connectivity index (χ3n) is 3.01. The van der Waals surface area contributed by atoms with Crippen LogP contribution in [0.2, 0.25) is 0 Å². The van der Waals surface area contributed by atoms with Gasteiger partial charge in [0.05, 0.1) is 7.11 Å². The molecule has 1 fully saturated rings. The zero-order valence-corrected chi connectivity index (χ0v) is 12.2. The van der Waals surface area contributed by atoms with E-state index < -0.39 is 10.0 Å². The molecule has 0 radical (unpaired) electrons. The topological polar surface area (TPSA) is 75.7 Å². The first-order chi connectivity index (χ1) is 9.03. The Morgan fingerprint density at radius 2 is 2.16 bits per heavy atom. The normalized spacial score (nSPS) is 17.4. The molecular weight excluding hydrogens is 288 g/mol. The minimum atomic E-state index is -3.43. The van der Waals surface area contributed by atoms with Gasteiger partial charge in [-0.15, -0.1) is 11.3 Å². The lowest BCUT2D eigenvalue weighted by Gasteiger charge is -2.30. The number of thiophene rings is 1. The van der Waals surface area contributed by atoms with Gasteiger partial charge < -0.3 is 9.64 Å². The molecule has 0 aromatic carbocycles. The minimum absolute atomic E-state index is 0.131. The Morgan fingerprint density at radius 3 is 2.68 bits per heavy atom. The predicted octanol–water partition coefficient (Wildman–Crippen LogP) is 1.26. The van der Waals surface area contributed by atoms with Crippen molar-refractivity contribution in [3.8, 4) is 0 Å². The number of nitrogens with one attached hydrogen (secondary N) is 1. The van der Waals surface area contributed by atoms with Gasteiger partial charge in [-0.2, -0.15) is 0 Å². The number of likely N-dealkylation sites (tertiary alicyclic amines) is 1. The van der Waals surface area contributed by atoms with Gasteiger partial charge >= 0.3 is 6.09 Å². The van der Waals surface area contributed by atoms with Crippen molar-refractivity contribution in [3.63, 3.8) is 0 Å². The summed E-state index contributed by atoms with van der Waals surface area (Å²) in [5.74, 6) is 0. The maximum absolute atomic E-state index is 12.0. The molecule has 1 aromatic heterocycles. The van der Waals surface area contributed by atoms with Crippen LogP contribution in [0.3, 0.4) is 0 Å². The predicted molar refractivity (Wildman–Crippen MR) is 71.6 cm³/mol. The van der Waals surface area contributed by atoms with Crippen LogP contribution in [0.25, 0.3) is 0 Å². The number of carbonyl (C=O) groups excluding carboxylic acids is 1. The second-order valence-corrected chi connectivity index (χ2v) is 7.17. The summed E-state index contributed by atoms with van der Waals surface area (Å²) in [5, 5.41) is 1.73. The highest BCUT2D eigenvalue weighted by atomic mass is 32.2. The Hall–Kier alpha value is -1.12. The third kappa shape index (κ3) is 3.46. The van der Waals surface area contributed by atoms with Gasteiger partial charge in [0.1, 0.15) is 4.21 Å². The molecule has 2 heterocycles. The molecule has 19 heavy (non-hydrogen) atoms. The summed E-state index contributed by atoms with van der Waals surface area (Å²) in [6.07, 6.45) is 0.832. The lowest BCUT2D eigenvalue weighted by Crippen LogP contribution is -2.46. The molecular formula is C11H16N2O4S2. The van der Waals surface area contributed by atoms with Crippen LogP contribution < -0.4 is 4.72 Å². The molecule has 1 aliphatic rings. The standard InChI is InChI=1S/C11H16N2O4S2/c1-17-11(14)13-6-4-9(5-7-13)12-19(15,16)10-3-2-8-18-10/h2-3,8-9,12H,4-7H2,1H3. The van der Waals surface area contributed by atoms with Crippen molar-refractivity contribution in [2.24, 2.45) is 0 Å². The van der Waals surface area contributed by atoms with Crippen molar-refractivity contribution >= 4 is 27.5 Å². The van der Waals surface area contributed by atoms with Crippen molar-refractivity contribution in [2.75, 3.05) is 20.2 Å². The molecule has 8 heteroatoms. The maximum Gasteiger partial charge on any atom is 0.409 e. The van der Waals surface area contributed by atoms with Gasteiger partial charge in [-0.05, 0) is 24.3 Å². The highest BCUT2D eigenvalue weighted by Gasteiger charge is 2.27. The Bertz CT molecular complexity index is 519. The molecule has 0 saturated carbocycles. The van der Waals surface area contributed by atoms with Crippen LogP contribution in [0.15, 0.2) is 21.7 Å². The van der Waals surface area contributed by atoms with Crippen molar-refractivity contribution in [1.29, 1.82) is 0 Å². The number of methoxy groups -OCH3 is 1. The van der Waals surface area contributed by atoms with Crippen LogP contribution >= 0.6 is 11.3 Å². The van der Waals surface area contributed by atoms with Gasteiger partial charge in [0.25, 0.3) is 0 Å². The molecule has 2 rings (SSSR count). The van der Waals surface area contributed by atoms with E-state index in [2.05, 4.69) is 9.46 Å². The fourth-order valence-electron chi connectivity index (χ4n) is 2.00. The van der Waals surface area contributed by atoms with Crippen molar-refractivity contribution in [2.45, 2.75) is 23.1 Å². The number of amides is 1. The average Bonchev–Trinajstić information content (AvgIpc) is 2.93. The first-order valence-electron chi connectivity index (χ1n) is 5.91. The summed E-state index contributed by atoms with van der Waals surface area (Å²) in [6, 6.07) is 3.16. The fourth-order valence-corrected chi connectivity index (χ4v) is 4.32. The number of rotatable bonds is 3. The lowest BCUT2D eigenvalue weighted by molar-refractivity contribution is 0.111. The number of hydrogen-bond donors (Lipinski definition) is 1. The molecule has 0 atom stereocenters. The molecule has 6 nitrogen and oxygen atoms in total. The lowest BCUT2D eigenvalue weighted by atomic mass is 10.1. The van der Waals surface area contributed by atoms with Crippen molar-refractivity contribution in [3.05, 3.63) is 17.5 Å². The van der Waals surface area contributed by atoms with E-state index in [0.29, 0.717) is 30.1 Å². The molecule has 1 saturated heterocycles. The fraction of sp³-hybridized carbons (Fsp3) is 0.545. The Morgan fingerprint density at radius 1 is 1.47 bits per heavy atom. The van der Waals surface area contributed by atoms with Gasteiger partial charge in [0.2, 0.25) is 10.0 Å². The number of carbonyl (C=O) groups is 1. The SMILES string of the molecule is COC(=O)N1CCC(NS(=O)(=O)c2cccs2)CC1. The smallest absolute Gasteiger partial charge is 0.409 e. The quantitative estimate of drug-likeness (QED) is 0.912.